The van der Waals surface area contributed by atoms with Gasteiger partial charge in [0.05, 0.1) is 0 Å². The van der Waals surface area contributed by atoms with Crippen molar-refractivity contribution in [2.45, 2.75) is 39.0 Å². The van der Waals surface area contributed by atoms with E-state index in [4.69, 9.17) is 0 Å². The Kier molecular flexibility index (Phi) is 6.93. The van der Waals surface area contributed by atoms with E-state index in [1.165, 1.54) is 11.1 Å². The summed E-state index contributed by atoms with van der Waals surface area (Å²) in [7, 11) is 1.81. The molecule has 0 radical (unpaired) electrons. The Bertz CT molecular complexity index is 418. The molecule has 0 aliphatic carbocycles. The number of aryl methyl sites for hydroxylation is 1. The summed E-state index contributed by atoms with van der Waals surface area (Å²) in [5, 5.41) is 6.69. The van der Waals surface area contributed by atoms with E-state index in [1.54, 1.807) is 7.05 Å². The largest absolute Gasteiger partial charge is 0.356 e. The molecule has 3 nitrogen and oxygen atoms in total. The van der Waals surface area contributed by atoms with Crippen molar-refractivity contribution in [3.8, 4) is 0 Å². The van der Waals surface area contributed by atoms with E-state index in [-0.39, 0.29) is 5.54 Å². The fourth-order valence-corrected chi connectivity index (χ4v) is 2.47. The fourth-order valence-electron chi connectivity index (χ4n) is 1.65. The van der Waals surface area contributed by atoms with Crippen LogP contribution in [0, 0.1) is 6.92 Å². The second-order valence-electron chi connectivity index (χ2n) is 5.91. The van der Waals surface area contributed by atoms with Gasteiger partial charge in [-0.15, -0.1) is 0 Å². The first kappa shape index (κ1) is 16.9. The van der Waals surface area contributed by atoms with Crippen molar-refractivity contribution >= 4 is 17.7 Å². The van der Waals surface area contributed by atoms with Gasteiger partial charge in [-0.3, -0.25) is 4.99 Å². The number of nitrogens with one attached hydrogen (secondary N) is 2. The lowest BCUT2D eigenvalue weighted by molar-refractivity contribution is 0.502. The molecule has 0 fully saturated rings. The number of benzene rings is 1. The zero-order valence-electron chi connectivity index (χ0n) is 13.3. The Morgan fingerprint density at radius 1 is 1.20 bits per heavy atom. The zero-order chi connectivity index (χ0) is 15.0. The smallest absolute Gasteiger partial charge is 0.191 e. The van der Waals surface area contributed by atoms with Crippen molar-refractivity contribution in [2.24, 2.45) is 4.99 Å². The van der Waals surface area contributed by atoms with Gasteiger partial charge in [0.2, 0.25) is 0 Å². The summed E-state index contributed by atoms with van der Waals surface area (Å²) in [5.41, 5.74) is 2.74. The maximum Gasteiger partial charge on any atom is 0.191 e. The second-order valence-corrected chi connectivity index (χ2v) is 7.02. The zero-order valence-corrected chi connectivity index (χ0v) is 14.1. The lowest BCUT2D eigenvalue weighted by atomic mass is 10.1. The number of guanidine groups is 1. The molecule has 2 N–H and O–H groups in total. The molecule has 0 heterocycles. The van der Waals surface area contributed by atoms with Crippen LogP contribution in [0.4, 0.5) is 0 Å². The van der Waals surface area contributed by atoms with Crippen LogP contribution in [-0.4, -0.2) is 30.8 Å². The van der Waals surface area contributed by atoms with Gasteiger partial charge in [-0.2, -0.15) is 11.8 Å². The fraction of sp³-hybridized carbons (Fsp3) is 0.562. The number of thioether (sulfide) groups is 1. The molecule has 20 heavy (non-hydrogen) atoms. The third-order valence-corrected chi connectivity index (χ3v) is 3.68. The van der Waals surface area contributed by atoms with Crippen molar-refractivity contribution in [1.82, 2.24) is 10.6 Å². The molecule has 0 saturated carbocycles. The minimum absolute atomic E-state index is 0.0386. The Labute approximate surface area is 127 Å². The molecule has 0 aromatic heterocycles. The minimum Gasteiger partial charge on any atom is -0.356 e. The molecule has 0 atom stereocenters. The van der Waals surface area contributed by atoms with Crippen molar-refractivity contribution < 1.29 is 0 Å². The van der Waals surface area contributed by atoms with E-state index in [0.717, 1.165) is 24.0 Å². The summed E-state index contributed by atoms with van der Waals surface area (Å²) >= 11 is 1.94. The number of rotatable bonds is 5. The molecule has 1 rings (SSSR count). The van der Waals surface area contributed by atoms with Gasteiger partial charge in [-0.05, 0) is 33.3 Å². The average Bonchev–Trinajstić information content (AvgIpc) is 2.37. The monoisotopic (exact) mass is 293 g/mol. The summed E-state index contributed by atoms with van der Waals surface area (Å²) in [4.78, 5) is 4.22. The topological polar surface area (TPSA) is 36.4 Å². The van der Waals surface area contributed by atoms with Crippen LogP contribution in [0.25, 0.3) is 0 Å². The average molecular weight is 293 g/mol. The van der Waals surface area contributed by atoms with Crippen LogP contribution in [0.3, 0.4) is 0 Å². The van der Waals surface area contributed by atoms with Gasteiger partial charge in [-0.1, -0.05) is 29.8 Å². The van der Waals surface area contributed by atoms with Gasteiger partial charge in [0.25, 0.3) is 0 Å². The molecule has 0 amide bonds. The van der Waals surface area contributed by atoms with Crippen molar-refractivity contribution in [3.63, 3.8) is 0 Å². The molecule has 1 aromatic rings. The van der Waals surface area contributed by atoms with E-state index in [2.05, 4.69) is 67.6 Å². The molecule has 112 valence electrons. The van der Waals surface area contributed by atoms with Gasteiger partial charge < -0.3 is 10.6 Å². The summed E-state index contributed by atoms with van der Waals surface area (Å²) in [6.45, 7) is 9.44. The Morgan fingerprint density at radius 2 is 1.85 bits per heavy atom. The molecule has 0 aliphatic rings. The summed E-state index contributed by atoms with van der Waals surface area (Å²) in [5.74, 6) is 3.00. The first-order valence-electron chi connectivity index (χ1n) is 7.03. The number of hydrogen-bond acceptors (Lipinski definition) is 2. The Morgan fingerprint density at radius 3 is 2.40 bits per heavy atom. The van der Waals surface area contributed by atoms with Crippen LogP contribution >= 0.6 is 11.8 Å². The van der Waals surface area contributed by atoms with Crippen LogP contribution < -0.4 is 10.6 Å². The molecule has 4 heteroatoms. The normalized spacial score (nSPS) is 12.3. The lowest BCUT2D eigenvalue weighted by Crippen LogP contribution is -2.48. The van der Waals surface area contributed by atoms with Crippen LogP contribution in [0.15, 0.2) is 29.3 Å². The molecule has 0 spiro atoms. The second kappa shape index (κ2) is 8.20. The third kappa shape index (κ3) is 7.43. The highest BCUT2D eigenvalue weighted by molar-refractivity contribution is 7.98. The number of aliphatic imine (C=N–C) groups is 1. The standard InChI is InChI=1S/C16H27N3S/c1-13-6-8-14(9-7-13)12-20-11-10-18-15(17-5)19-16(2,3)4/h6-9H,10-12H2,1-5H3,(H2,17,18,19). The summed E-state index contributed by atoms with van der Waals surface area (Å²) < 4.78 is 0. The first-order valence-corrected chi connectivity index (χ1v) is 8.18. The molecular weight excluding hydrogens is 266 g/mol. The predicted octanol–water partition coefficient (Wildman–Crippen LogP) is 3.19. The summed E-state index contributed by atoms with van der Waals surface area (Å²) in [6, 6.07) is 8.75. The van der Waals surface area contributed by atoms with Crippen molar-refractivity contribution in [2.75, 3.05) is 19.3 Å². The molecule has 1 aromatic carbocycles. The van der Waals surface area contributed by atoms with Gasteiger partial charge >= 0.3 is 0 Å². The maximum atomic E-state index is 4.22. The van der Waals surface area contributed by atoms with Gasteiger partial charge in [-0.25, -0.2) is 0 Å². The molecule has 0 saturated heterocycles. The number of hydrogen-bond donors (Lipinski definition) is 2. The van der Waals surface area contributed by atoms with Crippen molar-refractivity contribution in [3.05, 3.63) is 35.4 Å². The SMILES string of the molecule is CN=C(NCCSCc1ccc(C)cc1)NC(C)(C)C. The third-order valence-electron chi connectivity index (χ3n) is 2.65. The Balaban J connectivity index is 2.19. The van der Waals surface area contributed by atoms with E-state index in [1.807, 2.05) is 11.8 Å². The van der Waals surface area contributed by atoms with Crippen LogP contribution in [0.2, 0.25) is 0 Å². The molecule has 0 bridgehead atoms. The van der Waals surface area contributed by atoms with E-state index in [9.17, 15) is 0 Å². The molecule has 0 aliphatic heterocycles. The van der Waals surface area contributed by atoms with E-state index >= 15 is 0 Å². The quantitative estimate of drug-likeness (QED) is 0.497. The van der Waals surface area contributed by atoms with Gasteiger partial charge in [0, 0.05) is 30.6 Å². The molecule has 0 unspecified atom stereocenters. The highest BCUT2D eigenvalue weighted by Gasteiger charge is 2.10. The summed E-state index contributed by atoms with van der Waals surface area (Å²) in [6.07, 6.45) is 0. The highest BCUT2D eigenvalue weighted by Crippen LogP contribution is 2.12. The van der Waals surface area contributed by atoms with Gasteiger partial charge in [0.1, 0.15) is 0 Å². The van der Waals surface area contributed by atoms with Crippen LogP contribution in [0.1, 0.15) is 31.9 Å². The van der Waals surface area contributed by atoms with Gasteiger partial charge in [0.15, 0.2) is 5.96 Å². The van der Waals surface area contributed by atoms with Crippen LogP contribution in [0.5, 0.6) is 0 Å². The van der Waals surface area contributed by atoms with E-state index in [0.29, 0.717) is 0 Å². The molecular formula is C16H27N3S. The van der Waals surface area contributed by atoms with Crippen molar-refractivity contribution in [1.29, 1.82) is 0 Å². The highest BCUT2D eigenvalue weighted by atomic mass is 32.2. The first-order chi connectivity index (χ1) is 9.40. The lowest BCUT2D eigenvalue weighted by Gasteiger charge is -2.23. The Hall–Kier alpha value is -1.16. The maximum absolute atomic E-state index is 4.22. The number of nitrogens with zero attached hydrogens (tertiary/aromatic N) is 1. The van der Waals surface area contributed by atoms with Crippen LogP contribution in [-0.2, 0) is 5.75 Å². The predicted molar refractivity (Wildman–Crippen MR) is 91.6 cm³/mol. The van der Waals surface area contributed by atoms with E-state index < -0.39 is 0 Å². The minimum atomic E-state index is 0.0386.